The van der Waals surface area contributed by atoms with Crippen molar-refractivity contribution < 1.29 is 13.2 Å². The first kappa shape index (κ1) is 13.0. The van der Waals surface area contributed by atoms with Gasteiger partial charge in [0.2, 0.25) is 0 Å². The van der Waals surface area contributed by atoms with Crippen molar-refractivity contribution in [1.29, 1.82) is 0 Å². The van der Waals surface area contributed by atoms with Crippen LogP contribution in [-0.2, 0) is 9.84 Å². The minimum Gasteiger partial charge on any atom is -0.348 e. The maximum absolute atomic E-state index is 11.9. The maximum Gasteiger partial charge on any atom is 0.251 e. The molecule has 0 aliphatic carbocycles. The summed E-state index contributed by atoms with van der Waals surface area (Å²) in [6.07, 6.45) is 2.07. The molecule has 1 heterocycles. The number of nitrogens with one attached hydrogen (secondary N) is 2. The van der Waals surface area contributed by atoms with E-state index in [-0.39, 0.29) is 16.8 Å². The van der Waals surface area contributed by atoms with E-state index >= 15 is 0 Å². The van der Waals surface area contributed by atoms with E-state index in [1.54, 1.807) is 0 Å². The summed E-state index contributed by atoms with van der Waals surface area (Å²) >= 11 is 0. The van der Waals surface area contributed by atoms with Gasteiger partial charge in [0.1, 0.15) is 0 Å². The summed E-state index contributed by atoms with van der Waals surface area (Å²) in [5, 5.41) is 6.07. The normalized spacial score (nSPS) is 19.7. The zero-order valence-corrected chi connectivity index (χ0v) is 11.0. The second kappa shape index (κ2) is 5.07. The molecular weight excluding hydrogens is 252 g/mol. The standard InChI is InChI=1S/C12H16N2O3S/c1-18(16,17)11-4-2-9(3-5-11)12(15)14-10-6-7-13-8-10/h2-5,10,13H,6-8H2,1H3,(H,14,15). The molecule has 1 aromatic rings. The Morgan fingerprint density at radius 2 is 2.00 bits per heavy atom. The van der Waals surface area contributed by atoms with Crippen molar-refractivity contribution in [3.8, 4) is 0 Å². The van der Waals surface area contributed by atoms with Gasteiger partial charge in [-0.3, -0.25) is 4.79 Å². The van der Waals surface area contributed by atoms with E-state index in [9.17, 15) is 13.2 Å². The third kappa shape index (κ3) is 3.08. The number of benzene rings is 1. The molecule has 2 rings (SSSR count). The van der Waals surface area contributed by atoms with Gasteiger partial charge in [0.25, 0.3) is 5.91 Å². The molecule has 1 saturated heterocycles. The largest absolute Gasteiger partial charge is 0.348 e. The van der Waals surface area contributed by atoms with Gasteiger partial charge >= 0.3 is 0 Å². The molecule has 0 bridgehead atoms. The fraction of sp³-hybridized carbons (Fsp3) is 0.417. The van der Waals surface area contributed by atoms with Crippen molar-refractivity contribution in [3.05, 3.63) is 29.8 Å². The summed E-state index contributed by atoms with van der Waals surface area (Å²) < 4.78 is 22.6. The summed E-state index contributed by atoms with van der Waals surface area (Å²) in [5.41, 5.74) is 0.481. The fourth-order valence-electron chi connectivity index (χ4n) is 1.90. The monoisotopic (exact) mass is 268 g/mol. The first-order chi connectivity index (χ1) is 8.47. The summed E-state index contributed by atoms with van der Waals surface area (Å²) in [5.74, 6) is -0.163. The molecule has 1 aliphatic heterocycles. The highest BCUT2D eigenvalue weighted by atomic mass is 32.2. The smallest absolute Gasteiger partial charge is 0.251 e. The van der Waals surface area contributed by atoms with Crippen LogP contribution < -0.4 is 10.6 Å². The quantitative estimate of drug-likeness (QED) is 0.820. The molecule has 0 saturated carbocycles. The number of carbonyl (C=O) groups is 1. The minimum absolute atomic E-state index is 0.159. The van der Waals surface area contributed by atoms with E-state index in [0.29, 0.717) is 5.56 Å². The second-order valence-corrected chi connectivity index (χ2v) is 6.48. The molecule has 0 spiro atoms. The third-order valence-corrected chi connectivity index (χ3v) is 4.07. The van der Waals surface area contributed by atoms with Gasteiger partial charge in [0.15, 0.2) is 9.84 Å². The average Bonchev–Trinajstić information content (AvgIpc) is 2.81. The first-order valence-electron chi connectivity index (χ1n) is 5.78. The summed E-state index contributed by atoms with van der Waals surface area (Å²) in [7, 11) is -3.21. The van der Waals surface area contributed by atoms with Crippen molar-refractivity contribution in [2.75, 3.05) is 19.3 Å². The Labute approximate surface area is 107 Å². The lowest BCUT2D eigenvalue weighted by Gasteiger charge is -2.11. The van der Waals surface area contributed by atoms with Crippen LogP contribution in [0.4, 0.5) is 0 Å². The molecule has 1 aromatic carbocycles. The number of sulfone groups is 1. The number of hydrogen-bond donors (Lipinski definition) is 2. The van der Waals surface area contributed by atoms with Crippen molar-refractivity contribution in [2.24, 2.45) is 0 Å². The van der Waals surface area contributed by atoms with Crippen molar-refractivity contribution in [2.45, 2.75) is 17.4 Å². The van der Waals surface area contributed by atoms with Gasteiger partial charge in [-0.05, 0) is 37.2 Å². The van der Waals surface area contributed by atoms with Gasteiger partial charge in [-0.1, -0.05) is 0 Å². The molecule has 6 heteroatoms. The Kier molecular flexibility index (Phi) is 3.68. The van der Waals surface area contributed by atoms with Crippen LogP contribution >= 0.6 is 0 Å². The number of rotatable bonds is 3. The maximum atomic E-state index is 11.9. The van der Waals surface area contributed by atoms with Gasteiger partial charge in [-0.25, -0.2) is 8.42 Å². The molecule has 1 amide bonds. The molecule has 1 unspecified atom stereocenters. The van der Waals surface area contributed by atoms with Crippen LogP contribution in [0.25, 0.3) is 0 Å². The zero-order chi connectivity index (χ0) is 13.2. The van der Waals surface area contributed by atoms with E-state index in [2.05, 4.69) is 10.6 Å². The zero-order valence-electron chi connectivity index (χ0n) is 10.1. The molecule has 1 atom stereocenters. The Morgan fingerprint density at radius 1 is 1.33 bits per heavy atom. The first-order valence-corrected chi connectivity index (χ1v) is 7.67. The van der Waals surface area contributed by atoms with Gasteiger partial charge < -0.3 is 10.6 Å². The molecular formula is C12H16N2O3S. The number of carbonyl (C=O) groups excluding carboxylic acids is 1. The van der Waals surface area contributed by atoms with Crippen LogP contribution in [0.3, 0.4) is 0 Å². The molecule has 5 nitrogen and oxygen atoms in total. The van der Waals surface area contributed by atoms with Crippen LogP contribution in [0.2, 0.25) is 0 Å². The Morgan fingerprint density at radius 3 is 2.50 bits per heavy atom. The average molecular weight is 268 g/mol. The second-order valence-electron chi connectivity index (χ2n) is 4.46. The Bertz CT molecular complexity index is 531. The number of amides is 1. The summed E-state index contributed by atoms with van der Waals surface area (Å²) in [4.78, 5) is 12.1. The SMILES string of the molecule is CS(=O)(=O)c1ccc(C(=O)NC2CCNC2)cc1. The van der Waals surface area contributed by atoms with Crippen LogP contribution in [-0.4, -0.2) is 39.7 Å². The van der Waals surface area contributed by atoms with Crippen LogP contribution in [0.15, 0.2) is 29.2 Å². The molecule has 1 aliphatic rings. The fourth-order valence-corrected chi connectivity index (χ4v) is 2.53. The molecule has 98 valence electrons. The van der Waals surface area contributed by atoms with Crippen LogP contribution in [0, 0.1) is 0 Å². The van der Waals surface area contributed by atoms with Crippen LogP contribution in [0.5, 0.6) is 0 Å². The van der Waals surface area contributed by atoms with Gasteiger partial charge in [-0.2, -0.15) is 0 Å². The molecule has 0 radical (unpaired) electrons. The highest BCUT2D eigenvalue weighted by Gasteiger charge is 2.17. The Balaban J connectivity index is 2.07. The van der Waals surface area contributed by atoms with Gasteiger partial charge in [0.05, 0.1) is 4.90 Å². The van der Waals surface area contributed by atoms with Crippen molar-refractivity contribution in [3.63, 3.8) is 0 Å². The molecule has 2 N–H and O–H groups in total. The predicted molar refractivity (Wildman–Crippen MR) is 68.3 cm³/mol. The lowest BCUT2D eigenvalue weighted by Crippen LogP contribution is -2.36. The highest BCUT2D eigenvalue weighted by molar-refractivity contribution is 7.90. The highest BCUT2D eigenvalue weighted by Crippen LogP contribution is 2.10. The van der Waals surface area contributed by atoms with E-state index in [0.717, 1.165) is 25.8 Å². The van der Waals surface area contributed by atoms with E-state index in [4.69, 9.17) is 0 Å². The van der Waals surface area contributed by atoms with E-state index in [1.807, 2.05) is 0 Å². The van der Waals surface area contributed by atoms with Crippen LogP contribution in [0.1, 0.15) is 16.8 Å². The molecule has 1 fully saturated rings. The lowest BCUT2D eigenvalue weighted by atomic mass is 10.2. The van der Waals surface area contributed by atoms with E-state index in [1.165, 1.54) is 24.3 Å². The predicted octanol–water partition coefficient (Wildman–Crippen LogP) is 0.182. The van der Waals surface area contributed by atoms with Crippen molar-refractivity contribution >= 4 is 15.7 Å². The lowest BCUT2D eigenvalue weighted by molar-refractivity contribution is 0.0940. The topological polar surface area (TPSA) is 75.3 Å². The summed E-state index contributed by atoms with van der Waals surface area (Å²) in [6.45, 7) is 1.70. The van der Waals surface area contributed by atoms with Gasteiger partial charge in [0, 0.05) is 24.4 Å². The number of hydrogen-bond acceptors (Lipinski definition) is 4. The third-order valence-electron chi connectivity index (χ3n) is 2.94. The molecule has 18 heavy (non-hydrogen) atoms. The minimum atomic E-state index is -3.21. The van der Waals surface area contributed by atoms with E-state index < -0.39 is 9.84 Å². The van der Waals surface area contributed by atoms with Gasteiger partial charge in [-0.15, -0.1) is 0 Å². The summed E-state index contributed by atoms with van der Waals surface area (Å²) in [6, 6.07) is 6.14. The molecule has 0 aromatic heterocycles. The Hall–Kier alpha value is -1.40. The van der Waals surface area contributed by atoms with Crippen molar-refractivity contribution in [1.82, 2.24) is 10.6 Å².